The van der Waals surface area contributed by atoms with Gasteiger partial charge in [0, 0.05) is 23.8 Å². The Morgan fingerprint density at radius 3 is 2.94 bits per heavy atom. The fraction of sp³-hybridized carbons (Fsp3) is 0.375. The van der Waals surface area contributed by atoms with Crippen LogP contribution in [0.1, 0.15) is 38.5 Å². The van der Waals surface area contributed by atoms with Crippen LogP contribution < -0.4 is 10.5 Å². The molecule has 5 rings (SSSR count). The number of fused-ring (bicyclic) bond motifs is 2. The highest BCUT2D eigenvalue weighted by Crippen LogP contribution is 2.32. The maximum absolute atomic E-state index is 6.24. The monoisotopic (exact) mass is 417 g/mol. The van der Waals surface area contributed by atoms with Crippen molar-refractivity contribution >= 4 is 27.8 Å². The van der Waals surface area contributed by atoms with Crippen LogP contribution in [-0.4, -0.2) is 32.2 Å². The van der Waals surface area contributed by atoms with Gasteiger partial charge in [-0.2, -0.15) is 0 Å². The first-order valence-electron chi connectivity index (χ1n) is 10.8. The number of anilines is 1. The Hall–Kier alpha value is -3.19. The molecule has 1 saturated heterocycles. The second kappa shape index (κ2) is 8.15. The van der Waals surface area contributed by atoms with Crippen molar-refractivity contribution in [3.63, 3.8) is 0 Å². The Morgan fingerprint density at radius 2 is 2.06 bits per heavy atom. The lowest BCUT2D eigenvalue weighted by Gasteiger charge is -2.16. The van der Waals surface area contributed by atoms with E-state index >= 15 is 0 Å². The minimum Gasteiger partial charge on any atom is -0.491 e. The molecule has 0 aliphatic carbocycles. The summed E-state index contributed by atoms with van der Waals surface area (Å²) in [7, 11) is 0. The predicted molar refractivity (Wildman–Crippen MR) is 121 cm³/mol. The highest BCUT2D eigenvalue weighted by Gasteiger charge is 2.28. The van der Waals surface area contributed by atoms with Crippen LogP contribution in [0.3, 0.4) is 0 Å². The Labute approximate surface area is 181 Å². The van der Waals surface area contributed by atoms with E-state index in [2.05, 4.69) is 40.9 Å². The van der Waals surface area contributed by atoms with Gasteiger partial charge in [0.2, 0.25) is 0 Å². The third kappa shape index (κ3) is 4.05. The Kier molecular flexibility index (Phi) is 5.19. The van der Waals surface area contributed by atoms with Crippen molar-refractivity contribution in [2.24, 2.45) is 5.92 Å². The van der Waals surface area contributed by atoms with Crippen LogP contribution in [0.25, 0.3) is 21.9 Å². The van der Waals surface area contributed by atoms with E-state index in [-0.39, 0.29) is 12.3 Å². The second-order valence-corrected chi connectivity index (χ2v) is 8.62. The minimum atomic E-state index is -0.0713. The van der Waals surface area contributed by atoms with Crippen LogP contribution in [0.5, 0.6) is 5.75 Å². The van der Waals surface area contributed by atoms with Crippen LogP contribution in [0, 0.1) is 5.92 Å². The summed E-state index contributed by atoms with van der Waals surface area (Å²) in [6.07, 6.45) is 8.24. The van der Waals surface area contributed by atoms with E-state index in [0.717, 1.165) is 46.9 Å². The van der Waals surface area contributed by atoms with Gasteiger partial charge in [-0.1, -0.05) is 13.8 Å². The molecule has 1 aliphatic rings. The van der Waals surface area contributed by atoms with Crippen molar-refractivity contribution in [1.29, 1.82) is 0 Å². The summed E-state index contributed by atoms with van der Waals surface area (Å²) in [5.74, 6) is 1.92. The average Bonchev–Trinajstić information content (AvgIpc) is 3.39. The van der Waals surface area contributed by atoms with Crippen molar-refractivity contribution in [3.05, 3.63) is 54.6 Å². The van der Waals surface area contributed by atoms with Crippen molar-refractivity contribution < 1.29 is 9.47 Å². The SMILES string of the molecule is CC(C)Cc1cnc2cc(OC[C@@H]3CC[C@H](n4ccc5c(N)ncnc54)O3)ccc2c1. The van der Waals surface area contributed by atoms with Gasteiger partial charge in [0.05, 0.1) is 17.0 Å². The van der Waals surface area contributed by atoms with E-state index in [9.17, 15) is 0 Å². The summed E-state index contributed by atoms with van der Waals surface area (Å²) >= 11 is 0. The van der Waals surface area contributed by atoms with Gasteiger partial charge in [-0.15, -0.1) is 0 Å². The summed E-state index contributed by atoms with van der Waals surface area (Å²) in [6, 6.07) is 10.2. The average molecular weight is 418 g/mol. The number of aromatic nitrogens is 4. The number of benzene rings is 1. The molecule has 7 heteroatoms. The van der Waals surface area contributed by atoms with E-state index < -0.39 is 0 Å². The first kappa shape index (κ1) is 19.8. The maximum Gasteiger partial charge on any atom is 0.147 e. The zero-order valence-electron chi connectivity index (χ0n) is 17.9. The first-order chi connectivity index (χ1) is 15.1. The Morgan fingerprint density at radius 1 is 1.16 bits per heavy atom. The Balaban J connectivity index is 1.23. The quantitative estimate of drug-likeness (QED) is 0.496. The number of ether oxygens (including phenoxy) is 2. The van der Waals surface area contributed by atoms with Crippen LogP contribution in [0.15, 0.2) is 49.1 Å². The van der Waals surface area contributed by atoms with Gasteiger partial charge in [-0.25, -0.2) is 9.97 Å². The second-order valence-electron chi connectivity index (χ2n) is 8.62. The number of rotatable bonds is 6. The van der Waals surface area contributed by atoms with Crippen molar-refractivity contribution in [2.45, 2.75) is 45.4 Å². The molecule has 0 amide bonds. The molecule has 0 saturated carbocycles. The highest BCUT2D eigenvalue weighted by molar-refractivity contribution is 5.86. The number of hydrogen-bond donors (Lipinski definition) is 1. The largest absolute Gasteiger partial charge is 0.491 e. The summed E-state index contributed by atoms with van der Waals surface area (Å²) in [4.78, 5) is 13.0. The number of nitrogens with zero attached hydrogens (tertiary/aromatic N) is 4. The van der Waals surface area contributed by atoms with Crippen molar-refractivity contribution in [3.8, 4) is 5.75 Å². The lowest BCUT2D eigenvalue weighted by atomic mass is 10.0. The molecular formula is C24H27N5O2. The van der Waals surface area contributed by atoms with Gasteiger partial charge in [-0.3, -0.25) is 4.98 Å². The molecule has 1 aliphatic heterocycles. The van der Waals surface area contributed by atoms with Gasteiger partial charge in [0.25, 0.3) is 0 Å². The molecular weight excluding hydrogens is 390 g/mol. The fourth-order valence-electron chi connectivity index (χ4n) is 4.25. The van der Waals surface area contributed by atoms with E-state index in [0.29, 0.717) is 18.3 Å². The zero-order valence-corrected chi connectivity index (χ0v) is 17.9. The summed E-state index contributed by atoms with van der Waals surface area (Å²) < 4.78 is 14.3. The number of hydrogen-bond acceptors (Lipinski definition) is 6. The topological polar surface area (TPSA) is 88.1 Å². The van der Waals surface area contributed by atoms with Gasteiger partial charge in [0.1, 0.15) is 36.4 Å². The molecule has 7 nitrogen and oxygen atoms in total. The van der Waals surface area contributed by atoms with Crippen LogP contribution in [0.4, 0.5) is 5.82 Å². The first-order valence-corrected chi connectivity index (χ1v) is 10.8. The van der Waals surface area contributed by atoms with Gasteiger partial charge in [-0.05, 0) is 55.0 Å². The van der Waals surface area contributed by atoms with Crippen LogP contribution in [0.2, 0.25) is 0 Å². The molecule has 0 bridgehead atoms. The molecule has 4 aromatic rings. The maximum atomic E-state index is 6.24. The lowest BCUT2D eigenvalue weighted by molar-refractivity contribution is -0.0156. The summed E-state index contributed by atoms with van der Waals surface area (Å²) in [6.45, 7) is 4.95. The molecule has 2 N–H and O–H groups in total. The lowest BCUT2D eigenvalue weighted by Crippen LogP contribution is -2.18. The van der Waals surface area contributed by atoms with E-state index in [1.54, 1.807) is 0 Å². The molecule has 31 heavy (non-hydrogen) atoms. The molecule has 2 atom stereocenters. The number of nitrogens with two attached hydrogens (primary N) is 1. The molecule has 1 aromatic carbocycles. The Bertz CT molecular complexity index is 1220. The standard InChI is InChI=1S/C24H27N5O2/c1-15(2)9-16-10-17-3-4-18(11-21(17)26-12-16)30-13-19-5-6-22(31-19)29-8-7-20-23(25)27-14-28-24(20)29/h3-4,7-8,10-12,14-15,19,22H,5-6,9,13H2,1-2H3,(H2,25,27,28)/t19-,22+/m0/s1. The zero-order chi connectivity index (χ0) is 21.4. The van der Waals surface area contributed by atoms with Crippen molar-refractivity contribution in [2.75, 3.05) is 12.3 Å². The predicted octanol–water partition coefficient (Wildman–Crippen LogP) is 4.52. The normalized spacial score (nSPS) is 18.9. The van der Waals surface area contributed by atoms with E-state index in [1.807, 2.05) is 35.2 Å². The van der Waals surface area contributed by atoms with Crippen molar-refractivity contribution in [1.82, 2.24) is 19.5 Å². The minimum absolute atomic E-state index is 0.0266. The number of nitrogen functional groups attached to an aromatic ring is 1. The number of pyridine rings is 1. The summed E-state index contributed by atoms with van der Waals surface area (Å²) in [5.41, 5.74) is 8.97. The smallest absolute Gasteiger partial charge is 0.147 e. The van der Waals surface area contributed by atoms with E-state index in [4.69, 9.17) is 15.2 Å². The third-order valence-electron chi connectivity index (χ3n) is 5.73. The molecule has 4 heterocycles. The van der Waals surface area contributed by atoms with Crippen LogP contribution >= 0.6 is 0 Å². The fourth-order valence-corrected chi connectivity index (χ4v) is 4.25. The van der Waals surface area contributed by atoms with Gasteiger partial charge in [0.15, 0.2) is 0 Å². The van der Waals surface area contributed by atoms with Gasteiger partial charge < -0.3 is 19.8 Å². The molecule has 0 spiro atoms. The molecule has 0 unspecified atom stereocenters. The third-order valence-corrected chi connectivity index (χ3v) is 5.73. The molecule has 1 fully saturated rings. The molecule has 3 aromatic heterocycles. The molecule has 160 valence electrons. The van der Waals surface area contributed by atoms with E-state index in [1.165, 1.54) is 11.9 Å². The summed E-state index contributed by atoms with van der Waals surface area (Å²) in [5, 5.41) is 1.99. The van der Waals surface area contributed by atoms with Gasteiger partial charge >= 0.3 is 0 Å². The molecule has 0 radical (unpaired) electrons. The van der Waals surface area contributed by atoms with Crippen LogP contribution in [-0.2, 0) is 11.2 Å². The highest BCUT2D eigenvalue weighted by atomic mass is 16.6.